The Morgan fingerprint density at radius 3 is 2.26 bits per heavy atom. The van der Waals surface area contributed by atoms with Gasteiger partial charge >= 0.3 is 5.97 Å². The maximum atomic E-state index is 13.3. The first-order valence-electron chi connectivity index (χ1n) is 9.77. The van der Waals surface area contributed by atoms with Crippen LogP contribution >= 0.6 is 0 Å². The topological polar surface area (TPSA) is 95.9 Å². The second kappa shape index (κ2) is 6.47. The van der Waals surface area contributed by atoms with E-state index in [1.54, 1.807) is 0 Å². The van der Waals surface area contributed by atoms with Gasteiger partial charge in [0.15, 0.2) is 0 Å². The molecule has 7 heteroatoms. The number of carbonyl (C=O) groups excluding carboxylic acids is 2. The number of amides is 2. The van der Waals surface area contributed by atoms with Crippen LogP contribution in [0.1, 0.15) is 47.5 Å². The lowest BCUT2D eigenvalue weighted by atomic mass is 9.85. The van der Waals surface area contributed by atoms with Gasteiger partial charge in [0, 0.05) is 19.6 Å². The fraction of sp³-hybridized carbons (Fsp3) is 0.850. The highest BCUT2D eigenvalue weighted by Gasteiger charge is 2.70. The molecule has 152 valence electrons. The highest BCUT2D eigenvalue weighted by Crippen LogP contribution is 2.65. The smallest absolute Gasteiger partial charge is 0.326 e. The van der Waals surface area contributed by atoms with Crippen LogP contribution < -0.4 is 5.32 Å². The minimum absolute atomic E-state index is 0.0199. The number of methoxy groups -OCH3 is 1. The van der Waals surface area contributed by atoms with E-state index >= 15 is 0 Å². The van der Waals surface area contributed by atoms with Crippen LogP contribution in [0.4, 0.5) is 0 Å². The number of nitrogens with zero attached hydrogens (tertiary/aromatic N) is 1. The van der Waals surface area contributed by atoms with Gasteiger partial charge in [0.25, 0.3) is 0 Å². The van der Waals surface area contributed by atoms with Gasteiger partial charge in [-0.15, -0.1) is 0 Å². The molecule has 7 nitrogen and oxygen atoms in total. The molecule has 0 bridgehead atoms. The third-order valence-corrected chi connectivity index (χ3v) is 6.71. The normalized spacial score (nSPS) is 31.0. The van der Waals surface area contributed by atoms with Crippen molar-refractivity contribution >= 4 is 17.8 Å². The quantitative estimate of drug-likeness (QED) is 0.728. The molecule has 0 aromatic carbocycles. The zero-order valence-electron chi connectivity index (χ0n) is 17.1. The maximum Gasteiger partial charge on any atom is 0.326 e. The van der Waals surface area contributed by atoms with Crippen LogP contribution in [0, 0.1) is 28.6 Å². The minimum atomic E-state index is -0.965. The Labute approximate surface area is 160 Å². The highest BCUT2D eigenvalue weighted by atomic mass is 16.5. The van der Waals surface area contributed by atoms with Gasteiger partial charge in [-0.05, 0) is 35.5 Å². The zero-order chi connectivity index (χ0) is 20.3. The third-order valence-electron chi connectivity index (χ3n) is 6.71. The van der Waals surface area contributed by atoms with E-state index in [4.69, 9.17) is 4.74 Å². The number of carboxylic acids is 1. The minimum Gasteiger partial charge on any atom is -0.480 e. The zero-order valence-corrected chi connectivity index (χ0v) is 17.1. The molecule has 3 fully saturated rings. The van der Waals surface area contributed by atoms with Gasteiger partial charge in [-0.2, -0.15) is 0 Å². The van der Waals surface area contributed by atoms with Crippen LogP contribution in [0.15, 0.2) is 0 Å². The second-order valence-corrected chi connectivity index (χ2v) is 10.0. The number of rotatable bonds is 6. The van der Waals surface area contributed by atoms with Gasteiger partial charge in [-0.1, -0.05) is 34.6 Å². The van der Waals surface area contributed by atoms with Crippen molar-refractivity contribution in [1.29, 1.82) is 0 Å². The van der Waals surface area contributed by atoms with Crippen molar-refractivity contribution in [3.05, 3.63) is 0 Å². The summed E-state index contributed by atoms with van der Waals surface area (Å²) < 4.78 is 5.33. The summed E-state index contributed by atoms with van der Waals surface area (Å²) in [4.78, 5) is 39.4. The molecule has 2 amide bonds. The lowest BCUT2D eigenvalue weighted by Crippen LogP contribution is -2.59. The SMILES string of the molecule is COC(C(=O)NC(C(=O)N1C[C@H]2[C@@H]([C@H]1C(=O)O)C2(C)C)C(C)(C)C)C1CC1. The fourth-order valence-corrected chi connectivity index (χ4v) is 4.75. The van der Waals surface area contributed by atoms with E-state index in [0.717, 1.165) is 12.8 Å². The van der Waals surface area contributed by atoms with Crippen LogP contribution in [-0.2, 0) is 19.1 Å². The van der Waals surface area contributed by atoms with Crippen LogP contribution in [0.25, 0.3) is 0 Å². The molecular weight excluding hydrogens is 348 g/mol. The number of piperidine rings is 1. The molecule has 1 saturated heterocycles. The summed E-state index contributed by atoms with van der Waals surface area (Å²) in [6.07, 6.45) is 1.35. The second-order valence-electron chi connectivity index (χ2n) is 10.0. The number of hydrogen-bond donors (Lipinski definition) is 2. The van der Waals surface area contributed by atoms with Crippen LogP contribution in [0.3, 0.4) is 0 Å². The average molecular weight is 380 g/mol. The average Bonchev–Trinajstić information content (AvgIpc) is 3.39. The van der Waals surface area contributed by atoms with Gasteiger partial charge in [-0.25, -0.2) is 4.79 Å². The van der Waals surface area contributed by atoms with Crippen molar-refractivity contribution in [1.82, 2.24) is 10.2 Å². The highest BCUT2D eigenvalue weighted by molar-refractivity contribution is 5.93. The van der Waals surface area contributed by atoms with E-state index in [1.807, 2.05) is 20.8 Å². The molecule has 0 radical (unpaired) electrons. The van der Waals surface area contributed by atoms with Crippen molar-refractivity contribution in [3.63, 3.8) is 0 Å². The molecule has 3 aliphatic rings. The fourth-order valence-electron chi connectivity index (χ4n) is 4.75. The summed E-state index contributed by atoms with van der Waals surface area (Å²) in [7, 11) is 1.51. The first-order chi connectivity index (χ1) is 12.4. The Morgan fingerprint density at radius 1 is 1.22 bits per heavy atom. The molecule has 2 N–H and O–H groups in total. The summed E-state index contributed by atoms with van der Waals surface area (Å²) >= 11 is 0. The first kappa shape index (κ1) is 20.1. The Balaban J connectivity index is 1.78. The lowest BCUT2D eigenvalue weighted by Gasteiger charge is -2.37. The summed E-state index contributed by atoms with van der Waals surface area (Å²) in [5.41, 5.74) is -0.590. The van der Waals surface area contributed by atoms with E-state index in [9.17, 15) is 19.5 Å². The Hall–Kier alpha value is -1.63. The molecule has 27 heavy (non-hydrogen) atoms. The monoisotopic (exact) mass is 380 g/mol. The van der Waals surface area contributed by atoms with E-state index in [-0.39, 0.29) is 35.0 Å². The molecule has 0 spiro atoms. The molecule has 2 saturated carbocycles. The maximum absolute atomic E-state index is 13.3. The number of ether oxygens (including phenoxy) is 1. The molecule has 1 heterocycles. The summed E-state index contributed by atoms with van der Waals surface area (Å²) in [5, 5.41) is 12.6. The Kier molecular flexibility index (Phi) is 4.82. The van der Waals surface area contributed by atoms with Crippen molar-refractivity contribution in [2.24, 2.45) is 28.6 Å². The van der Waals surface area contributed by atoms with Gasteiger partial charge < -0.3 is 20.1 Å². The molecular formula is C20H32N2O5. The van der Waals surface area contributed by atoms with E-state index in [2.05, 4.69) is 19.2 Å². The van der Waals surface area contributed by atoms with E-state index in [1.165, 1.54) is 12.0 Å². The van der Waals surface area contributed by atoms with Crippen LogP contribution in [-0.4, -0.2) is 59.6 Å². The van der Waals surface area contributed by atoms with E-state index < -0.39 is 29.6 Å². The summed E-state index contributed by atoms with van der Waals surface area (Å²) in [5.74, 6) is -1.17. The number of likely N-dealkylation sites (tertiary alicyclic amines) is 1. The van der Waals surface area contributed by atoms with Crippen molar-refractivity contribution in [2.45, 2.75) is 65.6 Å². The molecule has 5 atom stereocenters. The van der Waals surface area contributed by atoms with Crippen LogP contribution in [0.2, 0.25) is 0 Å². The first-order valence-corrected chi connectivity index (χ1v) is 9.77. The van der Waals surface area contributed by atoms with Crippen molar-refractivity contribution in [2.75, 3.05) is 13.7 Å². The molecule has 2 aliphatic carbocycles. The molecule has 2 unspecified atom stereocenters. The third kappa shape index (κ3) is 3.46. The Bertz CT molecular complexity index is 649. The number of carboxylic acid groups (broad SMARTS) is 1. The van der Waals surface area contributed by atoms with Crippen molar-refractivity contribution in [3.8, 4) is 0 Å². The number of aliphatic carboxylic acids is 1. The molecule has 3 rings (SSSR count). The van der Waals surface area contributed by atoms with Crippen LogP contribution in [0.5, 0.6) is 0 Å². The summed E-state index contributed by atoms with van der Waals surface area (Å²) in [6, 6.07) is -1.61. The lowest BCUT2D eigenvalue weighted by molar-refractivity contribution is -0.153. The predicted molar refractivity (Wildman–Crippen MR) is 98.8 cm³/mol. The number of hydrogen-bond acceptors (Lipinski definition) is 4. The number of carbonyl (C=O) groups is 3. The standard InChI is InChI=1S/C20H32N2O5/c1-19(2,3)15(21-16(23)14(27-6)10-7-8-10)17(24)22-9-11-12(20(11,4)5)13(22)18(25)26/h10-15H,7-9H2,1-6H3,(H,21,23)(H,25,26)/t11-,12-,13-,14?,15?/m0/s1. The molecule has 0 aromatic rings. The van der Waals surface area contributed by atoms with Gasteiger partial charge in [0.1, 0.15) is 18.2 Å². The largest absolute Gasteiger partial charge is 0.480 e. The molecule has 1 aliphatic heterocycles. The summed E-state index contributed by atoms with van der Waals surface area (Å²) in [6.45, 7) is 10.2. The van der Waals surface area contributed by atoms with Gasteiger partial charge in [0.2, 0.25) is 11.8 Å². The predicted octanol–water partition coefficient (Wildman–Crippen LogP) is 1.51. The van der Waals surface area contributed by atoms with Gasteiger partial charge in [0.05, 0.1) is 0 Å². The van der Waals surface area contributed by atoms with Gasteiger partial charge in [-0.3, -0.25) is 9.59 Å². The van der Waals surface area contributed by atoms with E-state index in [0.29, 0.717) is 6.54 Å². The number of nitrogens with one attached hydrogen (secondary N) is 1. The number of fused-ring (bicyclic) bond motifs is 1. The van der Waals surface area contributed by atoms with Crippen molar-refractivity contribution < 1.29 is 24.2 Å². The molecule has 0 aromatic heterocycles. The Morgan fingerprint density at radius 2 is 1.81 bits per heavy atom.